The SMILES string of the molecule is O=C(COc1ccc([N+](=O)[O-])cc1Cl)c1cccc(Cl)c1. The van der Waals surface area contributed by atoms with Crippen molar-refractivity contribution in [1.82, 2.24) is 0 Å². The molecule has 2 aromatic carbocycles. The first-order chi connectivity index (χ1) is 9.97. The van der Waals surface area contributed by atoms with Crippen LogP contribution < -0.4 is 4.74 Å². The number of nitro groups is 1. The molecule has 0 atom stereocenters. The molecule has 0 radical (unpaired) electrons. The molecule has 0 saturated carbocycles. The molecule has 0 aliphatic rings. The van der Waals surface area contributed by atoms with Gasteiger partial charge in [-0.25, -0.2) is 0 Å². The van der Waals surface area contributed by atoms with Gasteiger partial charge in [0.1, 0.15) is 5.75 Å². The van der Waals surface area contributed by atoms with Crippen LogP contribution in [0.3, 0.4) is 0 Å². The Kier molecular flexibility index (Phi) is 4.77. The van der Waals surface area contributed by atoms with E-state index in [4.69, 9.17) is 27.9 Å². The number of ether oxygens (including phenoxy) is 1. The normalized spacial score (nSPS) is 10.2. The van der Waals surface area contributed by atoms with Gasteiger partial charge in [0.15, 0.2) is 12.4 Å². The lowest BCUT2D eigenvalue weighted by Gasteiger charge is -2.07. The summed E-state index contributed by atoms with van der Waals surface area (Å²) in [4.78, 5) is 21.9. The number of hydrogen-bond acceptors (Lipinski definition) is 4. The number of ketones is 1. The Morgan fingerprint density at radius 2 is 1.95 bits per heavy atom. The molecule has 0 fully saturated rings. The van der Waals surface area contributed by atoms with Crippen molar-refractivity contribution in [3.05, 3.63) is 68.2 Å². The van der Waals surface area contributed by atoms with Crippen molar-refractivity contribution in [3.63, 3.8) is 0 Å². The van der Waals surface area contributed by atoms with E-state index in [-0.39, 0.29) is 28.8 Å². The average molecular weight is 326 g/mol. The smallest absolute Gasteiger partial charge is 0.271 e. The number of nitro benzene ring substituents is 1. The third-order valence-electron chi connectivity index (χ3n) is 2.63. The lowest BCUT2D eigenvalue weighted by Crippen LogP contribution is -2.11. The molecule has 2 aromatic rings. The zero-order valence-electron chi connectivity index (χ0n) is 10.6. The van der Waals surface area contributed by atoms with Crippen molar-refractivity contribution >= 4 is 34.7 Å². The second-order valence-corrected chi connectivity index (χ2v) is 4.94. The molecule has 0 N–H and O–H groups in total. The van der Waals surface area contributed by atoms with Gasteiger partial charge in [-0.3, -0.25) is 14.9 Å². The minimum absolute atomic E-state index is 0.0723. The number of hydrogen-bond donors (Lipinski definition) is 0. The Hall–Kier alpha value is -2.11. The van der Waals surface area contributed by atoms with E-state index < -0.39 is 4.92 Å². The van der Waals surface area contributed by atoms with E-state index in [0.29, 0.717) is 10.6 Å². The summed E-state index contributed by atoms with van der Waals surface area (Å²) in [5, 5.41) is 11.1. The van der Waals surface area contributed by atoms with Gasteiger partial charge in [-0.1, -0.05) is 35.3 Å². The van der Waals surface area contributed by atoms with Crippen LogP contribution in [0, 0.1) is 10.1 Å². The van der Waals surface area contributed by atoms with Crippen LogP contribution in [0.5, 0.6) is 5.75 Å². The largest absolute Gasteiger partial charge is 0.484 e. The average Bonchev–Trinajstić information content (AvgIpc) is 2.45. The van der Waals surface area contributed by atoms with Gasteiger partial charge >= 0.3 is 0 Å². The van der Waals surface area contributed by atoms with E-state index in [9.17, 15) is 14.9 Å². The Morgan fingerprint density at radius 3 is 2.57 bits per heavy atom. The summed E-state index contributed by atoms with van der Waals surface area (Å²) in [5.74, 6) is -0.0652. The van der Waals surface area contributed by atoms with Crippen LogP contribution in [0.2, 0.25) is 10.0 Å². The first-order valence-electron chi connectivity index (χ1n) is 5.83. The Bertz CT molecular complexity index is 703. The summed E-state index contributed by atoms with van der Waals surface area (Å²) in [7, 11) is 0. The van der Waals surface area contributed by atoms with Crippen LogP contribution in [0.1, 0.15) is 10.4 Å². The summed E-state index contributed by atoms with van der Waals surface area (Å²) in [6.07, 6.45) is 0. The highest BCUT2D eigenvalue weighted by atomic mass is 35.5. The lowest BCUT2D eigenvalue weighted by molar-refractivity contribution is -0.384. The molecular weight excluding hydrogens is 317 g/mol. The Balaban J connectivity index is 2.06. The Morgan fingerprint density at radius 1 is 1.19 bits per heavy atom. The van der Waals surface area contributed by atoms with Gasteiger partial charge in [0, 0.05) is 22.7 Å². The fraction of sp³-hybridized carbons (Fsp3) is 0.0714. The van der Waals surface area contributed by atoms with Gasteiger partial charge in [0.05, 0.1) is 9.95 Å². The van der Waals surface area contributed by atoms with Crippen LogP contribution in [0.4, 0.5) is 5.69 Å². The van der Waals surface area contributed by atoms with Crippen LogP contribution in [0.15, 0.2) is 42.5 Å². The van der Waals surface area contributed by atoms with Crippen molar-refractivity contribution in [2.75, 3.05) is 6.61 Å². The molecule has 108 valence electrons. The quantitative estimate of drug-likeness (QED) is 0.470. The minimum Gasteiger partial charge on any atom is -0.484 e. The third kappa shape index (κ3) is 3.93. The summed E-state index contributed by atoms with van der Waals surface area (Å²) in [6, 6.07) is 10.2. The fourth-order valence-electron chi connectivity index (χ4n) is 1.61. The van der Waals surface area contributed by atoms with Gasteiger partial charge in [0.25, 0.3) is 5.69 Å². The second-order valence-electron chi connectivity index (χ2n) is 4.09. The van der Waals surface area contributed by atoms with E-state index in [0.717, 1.165) is 0 Å². The maximum absolute atomic E-state index is 11.9. The number of benzene rings is 2. The molecule has 5 nitrogen and oxygen atoms in total. The van der Waals surface area contributed by atoms with Gasteiger partial charge in [-0.2, -0.15) is 0 Å². The highest BCUT2D eigenvalue weighted by Gasteiger charge is 2.12. The zero-order chi connectivity index (χ0) is 15.4. The first-order valence-corrected chi connectivity index (χ1v) is 6.58. The molecular formula is C14H9Cl2NO4. The van der Waals surface area contributed by atoms with Crippen molar-refractivity contribution in [3.8, 4) is 5.75 Å². The van der Waals surface area contributed by atoms with Crippen LogP contribution in [0.25, 0.3) is 0 Å². The van der Waals surface area contributed by atoms with Crippen molar-refractivity contribution in [2.45, 2.75) is 0 Å². The van der Waals surface area contributed by atoms with Gasteiger partial charge < -0.3 is 4.74 Å². The topological polar surface area (TPSA) is 69.4 Å². The van der Waals surface area contributed by atoms with E-state index in [1.54, 1.807) is 18.2 Å². The molecule has 2 rings (SSSR count). The number of rotatable bonds is 5. The van der Waals surface area contributed by atoms with E-state index in [1.807, 2.05) is 0 Å². The number of nitrogens with zero attached hydrogens (tertiary/aromatic N) is 1. The zero-order valence-corrected chi connectivity index (χ0v) is 12.1. The molecule has 7 heteroatoms. The molecule has 0 aromatic heterocycles. The molecule has 0 bridgehead atoms. The van der Waals surface area contributed by atoms with Gasteiger partial charge in [-0.15, -0.1) is 0 Å². The van der Waals surface area contributed by atoms with Crippen molar-refractivity contribution in [1.29, 1.82) is 0 Å². The highest BCUT2D eigenvalue weighted by Crippen LogP contribution is 2.28. The molecule has 21 heavy (non-hydrogen) atoms. The molecule has 0 saturated heterocycles. The predicted octanol–water partition coefficient (Wildman–Crippen LogP) is 4.16. The number of non-ortho nitro benzene ring substituents is 1. The molecule has 0 amide bonds. The number of halogens is 2. The Labute approximate surface area is 130 Å². The number of carbonyl (C=O) groups is 1. The standard InChI is InChI=1S/C14H9Cl2NO4/c15-10-3-1-2-9(6-10)13(18)8-21-14-5-4-11(17(19)20)7-12(14)16/h1-7H,8H2. The second kappa shape index (κ2) is 6.56. The lowest BCUT2D eigenvalue weighted by atomic mass is 10.1. The number of carbonyl (C=O) groups excluding carboxylic acids is 1. The fourth-order valence-corrected chi connectivity index (χ4v) is 2.03. The maximum Gasteiger partial charge on any atom is 0.271 e. The molecule has 0 spiro atoms. The van der Waals surface area contributed by atoms with E-state index in [1.165, 1.54) is 24.3 Å². The molecule has 0 aliphatic heterocycles. The monoisotopic (exact) mass is 325 g/mol. The predicted molar refractivity (Wildman–Crippen MR) is 79.4 cm³/mol. The minimum atomic E-state index is -0.563. The number of Topliss-reactive ketones (excluding diaryl/α,β-unsaturated/α-hetero) is 1. The molecule has 0 heterocycles. The van der Waals surface area contributed by atoms with Gasteiger partial charge in [0.2, 0.25) is 0 Å². The summed E-state index contributed by atoms with van der Waals surface area (Å²) < 4.78 is 5.28. The van der Waals surface area contributed by atoms with Crippen LogP contribution in [-0.4, -0.2) is 17.3 Å². The maximum atomic E-state index is 11.9. The van der Waals surface area contributed by atoms with Gasteiger partial charge in [-0.05, 0) is 18.2 Å². The van der Waals surface area contributed by atoms with Crippen molar-refractivity contribution in [2.24, 2.45) is 0 Å². The molecule has 0 unspecified atom stereocenters. The summed E-state index contributed by atoms with van der Waals surface area (Å²) in [5.41, 5.74) is 0.272. The van der Waals surface area contributed by atoms with Crippen LogP contribution >= 0.6 is 23.2 Å². The highest BCUT2D eigenvalue weighted by molar-refractivity contribution is 6.32. The first kappa shape index (κ1) is 15.3. The summed E-state index contributed by atoms with van der Waals surface area (Å²) >= 11 is 11.7. The third-order valence-corrected chi connectivity index (χ3v) is 3.16. The van der Waals surface area contributed by atoms with Crippen LogP contribution in [-0.2, 0) is 0 Å². The van der Waals surface area contributed by atoms with E-state index in [2.05, 4.69) is 0 Å². The molecule has 0 aliphatic carbocycles. The summed E-state index contributed by atoms with van der Waals surface area (Å²) in [6.45, 7) is -0.238. The van der Waals surface area contributed by atoms with Crippen molar-refractivity contribution < 1.29 is 14.5 Å². The van der Waals surface area contributed by atoms with E-state index >= 15 is 0 Å².